The lowest BCUT2D eigenvalue weighted by molar-refractivity contribution is -0.115. The molecule has 1 aromatic carbocycles. The zero-order chi connectivity index (χ0) is 17.3. The molecule has 0 saturated carbocycles. The van der Waals surface area contributed by atoms with Crippen molar-refractivity contribution < 1.29 is 14.3 Å². The number of nitrogens with one attached hydrogen (secondary N) is 2. The van der Waals surface area contributed by atoms with Gasteiger partial charge < -0.3 is 15.0 Å². The van der Waals surface area contributed by atoms with Crippen LogP contribution in [0.25, 0.3) is 10.9 Å². The normalized spacial score (nSPS) is 10.8. The van der Waals surface area contributed by atoms with E-state index in [1.165, 1.54) is 18.4 Å². The van der Waals surface area contributed by atoms with Gasteiger partial charge in [-0.05, 0) is 31.0 Å². The molecule has 2 aromatic heterocycles. The van der Waals surface area contributed by atoms with Crippen LogP contribution in [0.3, 0.4) is 0 Å². The van der Waals surface area contributed by atoms with Gasteiger partial charge in [0.15, 0.2) is 0 Å². The lowest BCUT2D eigenvalue weighted by atomic mass is 10.1. The van der Waals surface area contributed by atoms with Gasteiger partial charge in [-0.2, -0.15) is 0 Å². The summed E-state index contributed by atoms with van der Waals surface area (Å²) in [6.07, 6.45) is 2.08. The van der Waals surface area contributed by atoms with E-state index in [4.69, 9.17) is 4.74 Å². The number of carbonyl (C=O) groups is 2. The standard InChI is InChI=1S/C18H18N2O3S/c1-10-11(2)24-17(16(10)18(22)23-3)20-15(21)8-12-9-19-14-7-5-4-6-13(12)14/h4-7,9,19H,8H2,1-3H3,(H,20,21). The highest BCUT2D eigenvalue weighted by molar-refractivity contribution is 7.16. The van der Waals surface area contributed by atoms with Crippen molar-refractivity contribution in [2.75, 3.05) is 12.4 Å². The number of anilines is 1. The fourth-order valence-corrected chi connectivity index (χ4v) is 3.75. The molecule has 2 N–H and O–H groups in total. The molecule has 0 saturated heterocycles. The van der Waals surface area contributed by atoms with E-state index in [0.717, 1.165) is 26.9 Å². The third-order valence-electron chi connectivity index (χ3n) is 4.05. The van der Waals surface area contributed by atoms with Crippen LogP contribution >= 0.6 is 11.3 Å². The van der Waals surface area contributed by atoms with Gasteiger partial charge in [-0.3, -0.25) is 4.79 Å². The van der Waals surface area contributed by atoms with Crippen LogP contribution in [0.1, 0.15) is 26.4 Å². The smallest absolute Gasteiger partial charge is 0.341 e. The first-order valence-electron chi connectivity index (χ1n) is 7.54. The van der Waals surface area contributed by atoms with Crippen molar-refractivity contribution in [1.82, 2.24) is 4.98 Å². The monoisotopic (exact) mass is 342 g/mol. The Hall–Kier alpha value is -2.60. The van der Waals surface area contributed by atoms with Gasteiger partial charge in [-0.25, -0.2) is 4.79 Å². The molecule has 3 aromatic rings. The maximum atomic E-state index is 12.4. The van der Waals surface area contributed by atoms with Gasteiger partial charge >= 0.3 is 5.97 Å². The summed E-state index contributed by atoms with van der Waals surface area (Å²) in [5.74, 6) is -0.592. The Kier molecular flexibility index (Phi) is 4.40. The fraction of sp³-hybridized carbons (Fsp3) is 0.222. The number of methoxy groups -OCH3 is 1. The van der Waals surface area contributed by atoms with E-state index in [-0.39, 0.29) is 12.3 Å². The summed E-state index contributed by atoms with van der Waals surface area (Å²) in [5, 5.41) is 4.43. The summed E-state index contributed by atoms with van der Waals surface area (Å²) in [4.78, 5) is 28.5. The molecular weight excluding hydrogens is 324 g/mol. The molecule has 124 valence electrons. The quantitative estimate of drug-likeness (QED) is 0.708. The van der Waals surface area contributed by atoms with E-state index in [1.54, 1.807) is 0 Å². The van der Waals surface area contributed by atoms with E-state index < -0.39 is 5.97 Å². The molecule has 0 bridgehead atoms. The lowest BCUT2D eigenvalue weighted by Crippen LogP contribution is -2.16. The third-order valence-corrected chi connectivity index (χ3v) is 5.18. The number of benzene rings is 1. The Labute approximate surface area is 143 Å². The Balaban J connectivity index is 1.83. The van der Waals surface area contributed by atoms with E-state index in [0.29, 0.717) is 10.6 Å². The number of hydrogen-bond donors (Lipinski definition) is 2. The highest BCUT2D eigenvalue weighted by Crippen LogP contribution is 2.33. The van der Waals surface area contributed by atoms with Crippen LogP contribution in [0.4, 0.5) is 5.00 Å². The van der Waals surface area contributed by atoms with Crippen molar-refractivity contribution >= 4 is 39.1 Å². The predicted molar refractivity (Wildman–Crippen MR) is 95.8 cm³/mol. The minimum atomic E-state index is -0.431. The first-order valence-corrected chi connectivity index (χ1v) is 8.36. The van der Waals surface area contributed by atoms with Crippen LogP contribution in [0.2, 0.25) is 0 Å². The lowest BCUT2D eigenvalue weighted by Gasteiger charge is -2.06. The van der Waals surface area contributed by atoms with E-state index in [2.05, 4.69) is 10.3 Å². The van der Waals surface area contributed by atoms with Crippen LogP contribution in [-0.2, 0) is 16.0 Å². The zero-order valence-electron chi connectivity index (χ0n) is 13.7. The van der Waals surface area contributed by atoms with Crippen molar-refractivity contribution in [2.24, 2.45) is 0 Å². The number of aryl methyl sites for hydroxylation is 1. The van der Waals surface area contributed by atoms with Gasteiger partial charge in [0.25, 0.3) is 0 Å². The Bertz CT molecular complexity index is 924. The molecule has 0 radical (unpaired) electrons. The van der Waals surface area contributed by atoms with Crippen molar-refractivity contribution in [3.8, 4) is 0 Å². The molecule has 3 rings (SSSR count). The molecule has 2 heterocycles. The molecule has 24 heavy (non-hydrogen) atoms. The summed E-state index contributed by atoms with van der Waals surface area (Å²) in [6.45, 7) is 3.77. The number of thiophene rings is 1. The van der Waals surface area contributed by atoms with Crippen LogP contribution in [-0.4, -0.2) is 24.0 Å². The number of fused-ring (bicyclic) bond motifs is 1. The Morgan fingerprint density at radius 2 is 2.00 bits per heavy atom. The Morgan fingerprint density at radius 1 is 1.25 bits per heavy atom. The van der Waals surface area contributed by atoms with E-state index in [1.807, 2.05) is 44.3 Å². The maximum Gasteiger partial charge on any atom is 0.341 e. The largest absolute Gasteiger partial charge is 0.465 e. The van der Waals surface area contributed by atoms with Gasteiger partial charge in [0.2, 0.25) is 5.91 Å². The first-order chi connectivity index (χ1) is 11.5. The number of carbonyl (C=O) groups excluding carboxylic acids is 2. The van der Waals surface area contributed by atoms with Crippen molar-refractivity contribution in [1.29, 1.82) is 0 Å². The maximum absolute atomic E-state index is 12.4. The second-order valence-corrected chi connectivity index (χ2v) is 6.79. The number of hydrogen-bond acceptors (Lipinski definition) is 4. The van der Waals surface area contributed by atoms with Gasteiger partial charge in [0.1, 0.15) is 5.00 Å². The minimum Gasteiger partial charge on any atom is -0.465 e. The average Bonchev–Trinajstić information content (AvgIpc) is 3.09. The number of esters is 1. The van der Waals surface area contributed by atoms with Gasteiger partial charge in [-0.1, -0.05) is 18.2 Å². The van der Waals surface area contributed by atoms with Gasteiger partial charge in [0, 0.05) is 22.0 Å². The highest BCUT2D eigenvalue weighted by Gasteiger charge is 2.21. The number of H-pyrrole nitrogens is 1. The first kappa shape index (κ1) is 16.3. The summed E-state index contributed by atoms with van der Waals surface area (Å²) in [5.41, 5.74) is 3.20. The molecule has 0 aliphatic carbocycles. The van der Waals surface area contributed by atoms with Crippen LogP contribution in [0.5, 0.6) is 0 Å². The summed E-state index contributed by atoms with van der Waals surface area (Å²) < 4.78 is 4.83. The topological polar surface area (TPSA) is 71.2 Å². The SMILES string of the molecule is COC(=O)c1c(NC(=O)Cc2c[nH]c3ccccc23)sc(C)c1C. The van der Waals surface area contributed by atoms with Gasteiger partial charge in [-0.15, -0.1) is 11.3 Å². The summed E-state index contributed by atoms with van der Waals surface area (Å²) in [7, 11) is 1.34. The van der Waals surface area contributed by atoms with Crippen LogP contribution in [0.15, 0.2) is 30.5 Å². The molecule has 6 heteroatoms. The molecule has 0 aliphatic heterocycles. The molecule has 0 atom stereocenters. The molecule has 0 unspecified atom stereocenters. The van der Waals surface area contributed by atoms with Crippen molar-refractivity contribution in [2.45, 2.75) is 20.3 Å². The van der Waals surface area contributed by atoms with Crippen LogP contribution in [0, 0.1) is 13.8 Å². The highest BCUT2D eigenvalue weighted by atomic mass is 32.1. The molecule has 1 amide bonds. The molecule has 0 spiro atoms. The molecule has 0 aliphatic rings. The predicted octanol–water partition coefficient (Wildman–Crippen LogP) is 3.81. The zero-order valence-corrected chi connectivity index (χ0v) is 14.5. The summed E-state index contributed by atoms with van der Waals surface area (Å²) >= 11 is 1.39. The fourth-order valence-electron chi connectivity index (χ4n) is 2.68. The van der Waals surface area contributed by atoms with E-state index >= 15 is 0 Å². The number of para-hydroxylation sites is 1. The van der Waals surface area contributed by atoms with E-state index in [9.17, 15) is 9.59 Å². The number of aromatic nitrogens is 1. The number of amides is 1. The second kappa shape index (κ2) is 6.49. The Morgan fingerprint density at radius 3 is 2.75 bits per heavy atom. The van der Waals surface area contributed by atoms with Crippen molar-refractivity contribution in [3.63, 3.8) is 0 Å². The third kappa shape index (κ3) is 2.92. The summed E-state index contributed by atoms with van der Waals surface area (Å²) in [6, 6.07) is 7.84. The minimum absolute atomic E-state index is 0.161. The second-order valence-electron chi connectivity index (χ2n) is 5.56. The van der Waals surface area contributed by atoms with Crippen molar-refractivity contribution in [3.05, 3.63) is 52.0 Å². The van der Waals surface area contributed by atoms with Crippen LogP contribution < -0.4 is 5.32 Å². The number of ether oxygens (including phenoxy) is 1. The molecular formula is C18H18N2O3S. The average molecular weight is 342 g/mol. The van der Waals surface area contributed by atoms with Gasteiger partial charge in [0.05, 0.1) is 19.1 Å². The number of rotatable bonds is 4. The number of aromatic amines is 1. The molecule has 5 nitrogen and oxygen atoms in total. The molecule has 0 fully saturated rings.